The number of hydrogen-bond donors (Lipinski definition) is 3. The predicted molar refractivity (Wildman–Crippen MR) is 86.1 cm³/mol. The van der Waals surface area contributed by atoms with Crippen LogP contribution in [0, 0.1) is 0 Å². The van der Waals surface area contributed by atoms with Gasteiger partial charge in [-0.15, -0.1) is 0 Å². The molecule has 0 unspecified atom stereocenters. The van der Waals surface area contributed by atoms with Crippen LogP contribution in [0.25, 0.3) is 0 Å². The van der Waals surface area contributed by atoms with E-state index in [2.05, 4.69) is 15.6 Å². The number of aliphatic imine (C=N–C) groups is 1. The molecule has 1 aromatic carbocycles. The number of carbonyl (C=O) groups is 1. The van der Waals surface area contributed by atoms with Crippen LogP contribution in [0.3, 0.4) is 0 Å². The molecule has 4 N–H and O–H groups in total. The van der Waals surface area contributed by atoms with E-state index in [4.69, 9.17) is 5.73 Å². The Hall–Kier alpha value is -2.04. The summed E-state index contributed by atoms with van der Waals surface area (Å²) in [4.78, 5) is 15.4. The fourth-order valence-electron chi connectivity index (χ4n) is 2.63. The molecule has 0 aliphatic heterocycles. The van der Waals surface area contributed by atoms with Gasteiger partial charge >= 0.3 is 0 Å². The topological polar surface area (TPSA) is 79.5 Å². The molecular weight excluding hydrogens is 264 g/mol. The lowest BCUT2D eigenvalue weighted by Crippen LogP contribution is -2.41. The molecule has 114 valence electrons. The fraction of sp³-hybridized carbons (Fsp3) is 0.500. The molecule has 0 heterocycles. The maximum atomic E-state index is 11.0. The fourth-order valence-corrected chi connectivity index (χ4v) is 2.63. The highest BCUT2D eigenvalue weighted by Gasteiger charge is 2.13. The Morgan fingerprint density at radius 3 is 2.81 bits per heavy atom. The van der Waals surface area contributed by atoms with E-state index in [0.717, 1.165) is 11.3 Å². The van der Waals surface area contributed by atoms with Crippen molar-refractivity contribution in [1.29, 1.82) is 0 Å². The third kappa shape index (κ3) is 5.45. The van der Waals surface area contributed by atoms with E-state index in [9.17, 15) is 4.79 Å². The standard InChI is InChI=1S/C16H24N4O/c1-12(21)19-15-9-5-6-13(10-15)11-18-16(17)20-14-7-3-2-4-8-14/h5-6,9-10,14H,2-4,7-8,11H2,1H3,(H,19,21)(H3,17,18,20). The summed E-state index contributed by atoms with van der Waals surface area (Å²) in [6, 6.07) is 8.12. The lowest BCUT2D eigenvalue weighted by atomic mass is 9.96. The zero-order valence-corrected chi connectivity index (χ0v) is 12.6. The first-order valence-corrected chi connectivity index (χ1v) is 7.56. The van der Waals surface area contributed by atoms with Crippen molar-refractivity contribution in [3.05, 3.63) is 29.8 Å². The molecule has 1 aliphatic carbocycles. The Kier molecular flexibility index (Phi) is 5.60. The number of hydrogen-bond acceptors (Lipinski definition) is 2. The van der Waals surface area contributed by atoms with Gasteiger partial charge in [0.15, 0.2) is 5.96 Å². The van der Waals surface area contributed by atoms with Crippen LogP contribution in [0.5, 0.6) is 0 Å². The van der Waals surface area contributed by atoms with Crippen molar-refractivity contribution < 1.29 is 4.79 Å². The van der Waals surface area contributed by atoms with Crippen LogP contribution in [0.2, 0.25) is 0 Å². The van der Waals surface area contributed by atoms with Gasteiger partial charge in [-0.05, 0) is 30.5 Å². The van der Waals surface area contributed by atoms with E-state index in [1.54, 1.807) is 0 Å². The highest BCUT2D eigenvalue weighted by atomic mass is 16.1. The molecule has 0 atom stereocenters. The Morgan fingerprint density at radius 1 is 1.33 bits per heavy atom. The Balaban J connectivity index is 1.88. The zero-order valence-electron chi connectivity index (χ0n) is 12.6. The molecule has 1 aromatic rings. The Bertz CT molecular complexity index is 507. The van der Waals surface area contributed by atoms with E-state index < -0.39 is 0 Å². The molecule has 0 bridgehead atoms. The first-order chi connectivity index (χ1) is 10.1. The number of benzene rings is 1. The lowest BCUT2D eigenvalue weighted by Gasteiger charge is -2.23. The second-order valence-electron chi connectivity index (χ2n) is 5.56. The molecule has 1 fully saturated rings. The van der Waals surface area contributed by atoms with Gasteiger partial charge in [0.2, 0.25) is 5.91 Å². The SMILES string of the molecule is CC(=O)Nc1cccc(CN=C(N)NC2CCCCC2)c1. The summed E-state index contributed by atoms with van der Waals surface area (Å²) in [6.07, 6.45) is 6.21. The highest BCUT2D eigenvalue weighted by Crippen LogP contribution is 2.17. The normalized spacial score (nSPS) is 16.5. The van der Waals surface area contributed by atoms with Crippen LogP contribution in [0.4, 0.5) is 5.69 Å². The molecule has 0 spiro atoms. The summed E-state index contributed by atoms with van der Waals surface area (Å²) in [5.41, 5.74) is 7.75. The van der Waals surface area contributed by atoms with Crippen molar-refractivity contribution in [2.24, 2.45) is 10.7 Å². The van der Waals surface area contributed by atoms with Gasteiger partial charge in [-0.25, -0.2) is 4.99 Å². The van der Waals surface area contributed by atoms with Crippen molar-refractivity contribution in [2.45, 2.75) is 51.6 Å². The number of nitrogens with two attached hydrogens (primary N) is 1. The lowest BCUT2D eigenvalue weighted by molar-refractivity contribution is -0.114. The van der Waals surface area contributed by atoms with Gasteiger partial charge in [0.25, 0.3) is 0 Å². The summed E-state index contributed by atoms with van der Waals surface area (Å²) in [6.45, 7) is 2.01. The van der Waals surface area contributed by atoms with Crippen LogP contribution in [0.15, 0.2) is 29.3 Å². The molecule has 1 amide bonds. The van der Waals surface area contributed by atoms with E-state index in [1.165, 1.54) is 39.0 Å². The van der Waals surface area contributed by atoms with Gasteiger partial charge in [0, 0.05) is 18.7 Å². The van der Waals surface area contributed by atoms with Crippen LogP contribution < -0.4 is 16.4 Å². The van der Waals surface area contributed by atoms with E-state index in [-0.39, 0.29) is 5.91 Å². The van der Waals surface area contributed by atoms with E-state index in [0.29, 0.717) is 18.5 Å². The molecule has 0 aromatic heterocycles. The molecule has 0 saturated heterocycles. The number of nitrogens with zero attached hydrogens (tertiary/aromatic N) is 1. The number of nitrogens with one attached hydrogen (secondary N) is 2. The average Bonchev–Trinajstić information content (AvgIpc) is 2.46. The van der Waals surface area contributed by atoms with Crippen LogP contribution in [0.1, 0.15) is 44.6 Å². The molecule has 1 saturated carbocycles. The van der Waals surface area contributed by atoms with Crippen LogP contribution in [-0.2, 0) is 11.3 Å². The minimum Gasteiger partial charge on any atom is -0.370 e. The quantitative estimate of drug-likeness (QED) is 0.588. The summed E-state index contributed by atoms with van der Waals surface area (Å²) in [7, 11) is 0. The number of guanidine groups is 1. The van der Waals surface area contributed by atoms with Gasteiger partial charge in [0.05, 0.1) is 6.54 Å². The molecule has 2 rings (SSSR count). The first kappa shape index (κ1) is 15.4. The van der Waals surface area contributed by atoms with E-state index in [1.807, 2.05) is 24.3 Å². The van der Waals surface area contributed by atoms with Crippen LogP contribution in [-0.4, -0.2) is 17.9 Å². The summed E-state index contributed by atoms with van der Waals surface area (Å²) in [5.74, 6) is 0.431. The Labute approximate surface area is 126 Å². The van der Waals surface area contributed by atoms with Gasteiger partial charge in [0.1, 0.15) is 0 Å². The number of amides is 1. The minimum atomic E-state index is -0.0749. The van der Waals surface area contributed by atoms with Crippen molar-refractivity contribution in [3.8, 4) is 0 Å². The maximum absolute atomic E-state index is 11.0. The van der Waals surface area contributed by atoms with Crippen LogP contribution >= 0.6 is 0 Å². The van der Waals surface area contributed by atoms with E-state index >= 15 is 0 Å². The van der Waals surface area contributed by atoms with Crippen molar-refractivity contribution in [2.75, 3.05) is 5.32 Å². The number of carbonyl (C=O) groups excluding carboxylic acids is 1. The summed E-state index contributed by atoms with van der Waals surface area (Å²) < 4.78 is 0. The minimum absolute atomic E-state index is 0.0749. The smallest absolute Gasteiger partial charge is 0.221 e. The monoisotopic (exact) mass is 288 g/mol. The largest absolute Gasteiger partial charge is 0.370 e. The zero-order chi connectivity index (χ0) is 15.1. The second kappa shape index (κ2) is 7.67. The van der Waals surface area contributed by atoms with Gasteiger partial charge < -0.3 is 16.4 Å². The molecule has 5 nitrogen and oxygen atoms in total. The highest BCUT2D eigenvalue weighted by molar-refractivity contribution is 5.88. The molecule has 5 heteroatoms. The molecule has 21 heavy (non-hydrogen) atoms. The molecule has 0 radical (unpaired) electrons. The maximum Gasteiger partial charge on any atom is 0.221 e. The number of anilines is 1. The number of rotatable bonds is 4. The predicted octanol–water partition coefficient (Wildman–Crippen LogP) is 2.38. The van der Waals surface area contributed by atoms with Gasteiger partial charge in [-0.2, -0.15) is 0 Å². The third-order valence-electron chi connectivity index (χ3n) is 3.64. The second-order valence-corrected chi connectivity index (χ2v) is 5.56. The van der Waals surface area contributed by atoms with Gasteiger partial charge in [-0.1, -0.05) is 31.4 Å². The molecule has 1 aliphatic rings. The van der Waals surface area contributed by atoms with Gasteiger partial charge in [-0.3, -0.25) is 4.79 Å². The Morgan fingerprint density at radius 2 is 2.10 bits per heavy atom. The first-order valence-electron chi connectivity index (χ1n) is 7.56. The van der Waals surface area contributed by atoms with Crippen molar-refractivity contribution >= 4 is 17.6 Å². The molecular formula is C16H24N4O. The third-order valence-corrected chi connectivity index (χ3v) is 3.64. The summed E-state index contributed by atoms with van der Waals surface area (Å²) in [5, 5.41) is 6.06. The van der Waals surface area contributed by atoms with Crippen molar-refractivity contribution in [1.82, 2.24) is 5.32 Å². The average molecular weight is 288 g/mol. The van der Waals surface area contributed by atoms with Crippen molar-refractivity contribution in [3.63, 3.8) is 0 Å². The summed E-state index contributed by atoms with van der Waals surface area (Å²) >= 11 is 0.